The van der Waals surface area contributed by atoms with Crippen LogP contribution in [0.1, 0.15) is 293 Å². The Labute approximate surface area is 678 Å². The average molecular weight is 1620 g/mol. The molecule has 11 rings (SSSR count). The lowest BCUT2D eigenvalue weighted by Crippen LogP contribution is -2.29. The van der Waals surface area contributed by atoms with Gasteiger partial charge in [-0.15, -0.1) is 5.10 Å². The molecule has 112 heavy (non-hydrogen) atoms. The number of pyridine rings is 2. The van der Waals surface area contributed by atoms with Crippen molar-refractivity contribution in [2.45, 2.75) is 264 Å². The van der Waals surface area contributed by atoms with Gasteiger partial charge in [-0.25, -0.2) is 32.5 Å². The molecule has 1 aliphatic heterocycles. The van der Waals surface area contributed by atoms with Crippen LogP contribution in [0.2, 0.25) is 10.2 Å². The van der Waals surface area contributed by atoms with E-state index in [9.17, 15) is 27.2 Å². The summed E-state index contributed by atoms with van der Waals surface area (Å²) in [4.78, 5) is 45.1. The number of ketones is 1. The molecule has 1 atom stereocenters. The van der Waals surface area contributed by atoms with Crippen molar-refractivity contribution < 1.29 is 35.7 Å². The minimum Gasteiger partial charge on any atom is -0.433 e. The molecule has 7 aromatic heterocycles. The van der Waals surface area contributed by atoms with Gasteiger partial charge in [0.05, 0.1) is 21.8 Å². The van der Waals surface area contributed by atoms with Crippen LogP contribution < -0.4 is 5.56 Å². The Morgan fingerprint density at radius 1 is 0.679 bits per heavy atom. The predicted molar refractivity (Wildman–Crippen MR) is 438 cm³/mol. The van der Waals surface area contributed by atoms with Gasteiger partial charge in [0, 0.05) is 76.4 Å². The molecule has 0 N–H and O–H groups in total. The fourth-order valence-corrected chi connectivity index (χ4v) is 11.2. The number of hydrogen-bond acceptors (Lipinski definition) is 21. The van der Waals surface area contributed by atoms with E-state index in [2.05, 4.69) is 145 Å². The number of allylic oxidation sites excluding steroid dienone is 2. The van der Waals surface area contributed by atoms with Gasteiger partial charge in [-0.1, -0.05) is 229 Å². The molecular formula is C84H113Cl2F4N15O5S2. The average Bonchev–Trinajstić information content (AvgIpc) is 0.932. The first-order chi connectivity index (χ1) is 51.7. The van der Waals surface area contributed by atoms with Crippen molar-refractivity contribution in [1.82, 2.24) is 53.5 Å². The van der Waals surface area contributed by atoms with Crippen LogP contribution in [0.25, 0.3) is 10.1 Å². The molecule has 1 saturated heterocycles. The number of aromatic nitrogens is 10. The summed E-state index contributed by atoms with van der Waals surface area (Å²) in [6.07, 6.45) is 16.2. The maximum atomic E-state index is 12.9. The van der Waals surface area contributed by atoms with E-state index in [0.29, 0.717) is 39.9 Å². The number of carbonyl (C=O) groups is 1. The minimum absolute atomic E-state index is 0.0231. The molecule has 1 fully saturated rings. The van der Waals surface area contributed by atoms with Gasteiger partial charge in [0.1, 0.15) is 21.7 Å². The fraction of sp³-hybridized carbons (Fsp3) is 0.536. The quantitative estimate of drug-likeness (QED) is 0.0620. The number of halogens is 6. The molecule has 2 aromatic carbocycles. The second-order valence-corrected chi connectivity index (χ2v) is 36.7. The number of oxazole rings is 1. The molecule has 0 radical (unpaired) electrons. The highest BCUT2D eigenvalue weighted by atomic mass is 35.5. The topological polar surface area (TPSA) is 293 Å². The Kier molecular flexibility index (Phi) is 39.8. The van der Waals surface area contributed by atoms with E-state index in [1.807, 2.05) is 160 Å². The Hall–Kier alpha value is -9.05. The van der Waals surface area contributed by atoms with Crippen LogP contribution >= 0.6 is 46.3 Å². The van der Waals surface area contributed by atoms with Crippen molar-refractivity contribution in [2.24, 2.45) is 17.3 Å². The lowest BCUT2D eigenvalue weighted by molar-refractivity contribution is -0.116. The summed E-state index contributed by atoms with van der Waals surface area (Å²) in [7, 11) is 0. The van der Waals surface area contributed by atoms with Gasteiger partial charge < -0.3 is 18.3 Å². The van der Waals surface area contributed by atoms with Gasteiger partial charge in [0.2, 0.25) is 5.89 Å². The molecule has 608 valence electrons. The molecule has 20 nitrogen and oxygen atoms in total. The van der Waals surface area contributed by atoms with E-state index >= 15 is 0 Å². The smallest absolute Gasteiger partial charge is 0.329 e. The first-order valence-corrected chi connectivity index (χ1v) is 39.2. The van der Waals surface area contributed by atoms with Crippen LogP contribution in [0.15, 0.2) is 103 Å². The third-order valence-electron chi connectivity index (χ3n) is 16.1. The van der Waals surface area contributed by atoms with Crippen LogP contribution in [0, 0.1) is 92.9 Å². The van der Waals surface area contributed by atoms with Crippen LogP contribution in [-0.2, 0) is 32.0 Å². The number of fused-ring (bicyclic) bond motifs is 1. The number of Topliss-reactive ketones (excluding diaryl/α,β-unsaturated/α-hetero) is 1. The van der Waals surface area contributed by atoms with Gasteiger partial charge in [0.25, 0.3) is 5.56 Å². The van der Waals surface area contributed by atoms with E-state index < -0.39 is 34.8 Å². The van der Waals surface area contributed by atoms with Crippen molar-refractivity contribution in [2.75, 3.05) is 13.1 Å². The van der Waals surface area contributed by atoms with Crippen molar-refractivity contribution in [3.63, 3.8) is 0 Å². The minimum atomic E-state index is -1.36. The molecule has 0 bridgehead atoms. The molecule has 8 heterocycles. The van der Waals surface area contributed by atoms with Crippen LogP contribution in [0.3, 0.4) is 0 Å². The standard InChI is InChI=1S/C11H13NOS.C11H18O.C9H8F4.2C8H10ClN.C8H10N2O.C8H14N2.2C7H9N3O.C7H12N2S/c1-11(2,3)12-10(13)8-6-4-5-7-9(8)14-12;1-11(2,3)8-7-10(12)9-5-4-6-9;1-4(2)7-8(12)5(10)3-6(11)9(7)13;1-6(2)7-5-10-4-3-8(7)9;1-6(2)7-3-4-8(9)10-5-7;1-8(2,3)6-5-10-7(4-9)11-6;1-7(2)8-3-4-10(5-8)6-9;1-7(2,3)6-10-9-5(4-8)11-6;1-7(2,3)6-9-5(4-8)11-10-6;1-5-8-6(9-10-5)7(2,3)4/h4-7H,1-3H3;5H,4,6-8H2,1-3H3;3-4H,1-2H3;2*3-6H,1-2H3;5H,1-3H3;7-8H,3-5H2,1-2H3;2*1-3H3;1-4H3. The summed E-state index contributed by atoms with van der Waals surface area (Å²) in [6.45, 7) is 56.5. The SMILES string of the molecule is CC(C)(C)CCC(=O)C1=CCC1.CC(C)(C)c1cnc(C#N)o1.CC(C)(C)c1nnc(C#N)o1.CC(C)(C)c1noc(C#N)n1.CC(C)(C)n1sc2ccccc2c1=O.CC(C)C1CCN(C#N)C1.CC(C)c1c(F)c(F)cc(F)c1F.CC(C)c1ccc(Cl)nc1.CC(C)c1cnccc1Cl.Cc1nc(C(C)(C)C)ns1. The summed E-state index contributed by atoms with van der Waals surface area (Å²) in [5.41, 5.74) is 2.86. The molecule has 0 saturated carbocycles. The number of hydrogen-bond donors (Lipinski definition) is 0. The summed E-state index contributed by atoms with van der Waals surface area (Å²) in [5, 5.41) is 47.8. The van der Waals surface area contributed by atoms with Crippen molar-refractivity contribution in [1.29, 1.82) is 21.0 Å². The number of nitriles is 4. The zero-order valence-corrected chi connectivity index (χ0v) is 73.3. The normalized spacial score (nSPS) is 13.1. The third-order valence-corrected chi connectivity index (χ3v) is 18.8. The number of carbonyl (C=O) groups excluding carboxylic acids is 1. The molecular weight excluding hydrogens is 1510 g/mol. The Morgan fingerprint density at radius 2 is 1.27 bits per heavy atom. The highest BCUT2D eigenvalue weighted by molar-refractivity contribution is 7.13. The van der Waals surface area contributed by atoms with Gasteiger partial charge in [-0.3, -0.25) is 18.5 Å². The van der Waals surface area contributed by atoms with E-state index in [0.717, 1.165) is 93.4 Å². The largest absolute Gasteiger partial charge is 0.433 e. The molecule has 1 unspecified atom stereocenters. The number of likely N-dealkylation sites (tertiary alicyclic amines) is 1. The molecule has 2 aliphatic rings. The monoisotopic (exact) mass is 1620 g/mol. The molecule has 9 aromatic rings. The molecule has 0 spiro atoms. The van der Waals surface area contributed by atoms with E-state index in [1.165, 1.54) is 48.9 Å². The Balaban J connectivity index is 0.000000423. The van der Waals surface area contributed by atoms with Crippen LogP contribution in [0.4, 0.5) is 17.6 Å². The van der Waals surface area contributed by atoms with Gasteiger partial charge in [0.15, 0.2) is 59.3 Å². The summed E-state index contributed by atoms with van der Waals surface area (Å²) < 4.78 is 72.9. The zero-order chi connectivity index (χ0) is 85.6. The number of rotatable bonds is 7. The Bertz CT molecular complexity index is 4490. The second kappa shape index (κ2) is 45.0. The second-order valence-electron chi connectivity index (χ2n) is 33.9. The highest BCUT2D eigenvalue weighted by Crippen LogP contribution is 2.30. The maximum absolute atomic E-state index is 12.9. The maximum Gasteiger partial charge on any atom is 0.329 e. The van der Waals surface area contributed by atoms with Crippen LogP contribution in [0.5, 0.6) is 0 Å². The van der Waals surface area contributed by atoms with E-state index in [-0.39, 0.29) is 56.5 Å². The Morgan fingerprint density at radius 3 is 1.61 bits per heavy atom. The summed E-state index contributed by atoms with van der Waals surface area (Å²) >= 11 is 14.5. The van der Waals surface area contributed by atoms with Gasteiger partial charge >= 0.3 is 17.7 Å². The number of benzene rings is 2. The first-order valence-electron chi connectivity index (χ1n) is 36.9. The van der Waals surface area contributed by atoms with Crippen molar-refractivity contribution in [3.05, 3.63) is 191 Å². The number of nitrogens with zero attached hydrogens (tertiary/aromatic N) is 15. The predicted octanol–water partition coefficient (Wildman–Crippen LogP) is 22.9. The van der Waals surface area contributed by atoms with E-state index in [1.54, 1.807) is 24.5 Å². The lowest BCUT2D eigenvalue weighted by atomic mass is 9.86. The highest BCUT2D eigenvalue weighted by Gasteiger charge is 2.27. The summed E-state index contributed by atoms with van der Waals surface area (Å²) in [6, 6.07) is 19.0. The van der Waals surface area contributed by atoms with Crippen LogP contribution in [-0.4, -0.2) is 72.4 Å². The molecule has 0 amide bonds. The lowest BCUT2D eigenvalue weighted by Gasteiger charge is -2.19. The van der Waals surface area contributed by atoms with Gasteiger partial charge in [-0.2, -0.15) is 30.4 Å². The number of aryl methyl sites for hydroxylation is 1. The zero-order valence-electron chi connectivity index (χ0n) is 70.2. The van der Waals surface area contributed by atoms with Crippen molar-refractivity contribution >= 4 is 62.1 Å². The van der Waals surface area contributed by atoms with E-state index in [4.69, 9.17) is 53.1 Å². The molecule has 28 heteroatoms. The third kappa shape index (κ3) is 34.9. The van der Waals surface area contributed by atoms with Crippen molar-refractivity contribution in [3.8, 4) is 24.4 Å². The fourth-order valence-electron chi connectivity index (χ4n) is 9.09. The molecule has 1 aliphatic carbocycles. The van der Waals surface area contributed by atoms with Gasteiger partial charge in [-0.05, 0) is 141 Å². The first kappa shape index (κ1) is 99.0. The summed E-state index contributed by atoms with van der Waals surface area (Å²) in [5.74, 6) is -0.148.